The van der Waals surface area contributed by atoms with E-state index in [0.29, 0.717) is 5.06 Å². The molecular formula is C9H15NO4. The molecule has 0 saturated carbocycles. The first kappa shape index (κ1) is 12.6. The summed E-state index contributed by atoms with van der Waals surface area (Å²) in [5, 5.41) is 0.547. The molecule has 5 nitrogen and oxygen atoms in total. The quantitative estimate of drug-likeness (QED) is 0.640. The Kier molecular flexibility index (Phi) is 5.52. The van der Waals surface area contributed by atoms with Gasteiger partial charge in [0.15, 0.2) is 0 Å². The second-order valence-corrected chi connectivity index (χ2v) is 2.61. The van der Waals surface area contributed by atoms with Crippen LogP contribution in [0.25, 0.3) is 0 Å². The van der Waals surface area contributed by atoms with Gasteiger partial charge in [-0.2, -0.15) is 0 Å². The second-order valence-electron chi connectivity index (χ2n) is 2.61. The molecule has 0 rings (SSSR count). The van der Waals surface area contributed by atoms with Crippen LogP contribution in [0.2, 0.25) is 0 Å². The zero-order valence-electron chi connectivity index (χ0n) is 8.70. The van der Waals surface area contributed by atoms with E-state index in [9.17, 15) is 14.4 Å². The van der Waals surface area contributed by atoms with Crippen molar-refractivity contribution in [3.05, 3.63) is 0 Å². The third-order valence-electron chi connectivity index (χ3n) is 1.54. The molecule has 2 amide bonds. The second kappa shape index (κ2) is 6.12. The zero-order valence-corrected chi connectivity index (χ0v) is 8.70. The van der Waals surface area contributed by atoms with E-state index in [1.807, 2.05) is 0 Å². The van der Waals surface area contributed by atoms with Crippen LogP contribution in [0.15, 0.2) is 0 Å². The van der Waals surface area contributed by atoms with E-state index in [1.54, 1.807) is 20.8 Å². The predicted octanol–water partition coefficient (Wildman–Crippen LogP) is 1.03. The fourth-order valence-corrected chi connectivity index (χ4v) is 0.694. The van der Waals surface area contributed by atoms with Crippen LogP contribution >= 0.6 is 0 Å². The Morgan fingerprint density at radius 2 is 1.36 bits per heavy atom. The van der Waals surface area contributed by atoms with Gasteiger partial charge in [0.25, 0.3) is 11.8 Å². The van der Waals surface area contributed by atoms with E-state index < -0.39 is 17.8 Å². The maximum Gasteiger partial charge on any atom is 0.332 e. The van der Waals surface area contributed by atoms with Gasteiger partial charge in [-0.1, -0.05) is 20.8 Å². The van der Waals surface area contributed by atoms with Gasteiger partial charge in [0.05, 0.1) is 0 Å². The smallest absolute Gasteiger partial charge is 0.330 e. The zero-order chi connectivity index (χ0) is 11.1. The molecule has 14 heavy (non-hydrogen) atoms. The first-order chi connectivity index (χ1) is 6.56. The van der Waals surface area contributed by atoms with Gasteiger partial charge in [0.1, 0.15) is 0 Å². The summed E-state index contributed by atoms with van der Waals surface area (Å²) in [4.78, 5) is 37.9. The Labute approximate surface area is 83.0 Å². The van der Waals surface area contributed by atoms with E-state index in [2.05, 4.69) is 4.84 Å². The molecule has 0 unspecified atom stereocenters. The molecular weight excluding hydrogens is 186 g/mol. The van der Waals surface area contributed by atoms with Crippen molar-refractivity contribution in [1.82, 2.24) is 5.06 Å². The number of hydrogen-bond donors (Lipinski definition) is 0. The molecule has 0 N–H and O–H groups in total. The number of carbonyl (C=O) groups excluding carboxylic acids is 3. The Bertz CT molecular complexity index is 221. The highest BCUT2D eigenvalue weighted by Gasteiger charge is 2.22. The summed E-state index contributed by atoms with van der Waals surface area (Å²) in [6, 6.07) is 0. The molecule has 5 heteroatoms. The van der Waals surface area contributed by atoms with Crippen molar-refractivity contribution in [3.63, 3.8) is 0 Å². The summed E-state index contributed by atoms with van der Waals surface area (Å²) >= 11 is 0. The van der Waals surface area contributed by atoms with Crippen molar-refractivity contribution in [2.45, 2.75) is 40.0 Å². The summed E-state index contributed by atoms with van der Waals surface area (Å²) < 4.78 is 0. The summed E-state index contributed by atoms with van der Waals surface area (Å²) in [5.74, 6) is -1.59. The first-order valence-electron chi connectivity index (χ1n) is 4.63. The van der Waals surface area contributed by atoms with Gasteiger partial charge >= 0.3 is 5.97 Å². The molecule has 80 valence electrons. The number of amides is 2. The Morgan fingerprint density at radius 1 is 0.929 bits per heavy atom. The highest BCUT2D eigenvalue weighted by molar-refractivity contribution is 5.94. The molecule has 0 aliphatic rings. The molecule has 0 aromatic carbocycles. The molecule has 0 atom stereocenters. The van der Waals surface area contributed by atoms with Crippen LogP contribution in [0.1, 0.15) is 40.0 Å². The maximum atomic E-state index is 11.2. The summed E-state index contributed by atoms with van der Waals surface area (Å²) in [6.07, 6.45) is 0.385. The molecule has 0 aromatic heterocycles. The van der Waals surface area contributed by atoms with E-state index in [4.69, 9.17) is 0 Å². The lowest BCUT2D eigenvalue weighted by atomic mass is 10.4. The fourth-order valence-electron chi connectivity index (χ4n) is 0.694. The molecule has 0 bridgehead atoms. The van der Waals surface area contributed by atoms with Crippen LogP contribution < -0.4 is 0 Å². The van der Waals surface area contributed by atoms with Crippen LogP contribution in [-0.2, 0) is 19.2 Å². The molecule has 0 aromatic rings. The van der Waals surface area contributed by atoms with Crippen molar-refractivity contribution in [2.24, 2.45) is 0 Å². The number of hydroxylamine groups is 2. The van der Waals surface area contributed by atoms with Gasteiger partial charge in [-0.15, -0.1) is 5.06 Å². The molecule has 0 heterocycles. The lowest BCUT2D eigenvalue weighted by Crippen LogP contribution is -2.37. The van der Waals surface area contributed by atoms with Crippen molar-refractivity contribution in [2.75, 3.05) is 0 Å². The summed E-state index contributed by atoms with van der Waals surface area (Å²) in [5.41, 5.74) is 0. The largest absolute Gasteiger partial charge is 0.332 e. The third kappa shape index (κ3) is 3.55. The number of rotatable bonds is 3. The minimum Gasteiger partial charge on any atom is -0.330 e. The van der Waals surface area contributed by atoms with E-state index >= 15 is 0 Å². The minimum atomic E-state index is -0.589. The molecule has 0 radical (unpaired) electrons. The highest BCUT2D eigenvalue weighted by atomic mass is 16.7. The number of imide groups is 1. The molecule has 0 saturated heterocycles. The Morgan fingerprint density at radius 3 is 1.64 bits per heavy atom. The van der Waals surface area contributed by atoms with Crippen LogP contribution in [0.3, 0.4) is 0 Å². The topological polar surface area (TPSA) is 63.7 Å². The maximum absolute atomic E-state index is 11.2. The predicted molar refractivity (Wildman–Crippen MR) is 48.8 cm³/mol. The Hall–Kier alpha value is -1.39. The van der Waals surface area contributed by atoms with Gasteiger partial charge < -0.3 is 4.84 Å². The fraction of sp³-hybridized carbons (Fsp3) is 0.667. The lowest BCUT2D eigenvalue weighted by molar-refractivity contribution is -0.202. The van der Waals surface area contributed by atoms with Gasteiger partial charge in [-0.05, 0) is 0 Å². The molecule has 0 aliphatic heterocycles. The van der Waals surface area contributed by atoms with Crippen LogP contribution in [0.5, 0.6) is 0 Å². The average molecular weight is 201 g/mol. The van der Waals surface area contributed by atoms with E-state index in [-0.39, 0.29) is 19.3 Å². The average Bonchev–Trinajstić information content (AvgIpc) is 2.23. The first-order valence-corrected chi connectivity index (χ1v) is 4.63. The molecule has 0 fully saturated rings. The highest BCUT2D eigenvalue weighted by Crippen LogP contribution is 2.01. The van der Waals surface area contributed by atoms with Crippen molar-refractivity contribution >= 4 is 17.8 Å². The number of nitrogens with zero attached hydrogens (tertiary/aromatic N) is 1. The van der Waals surface area contributed by atoms with E-state index in [1.165, 1.54) is 0 Å². The van der Waals surface area contributed by atoms with Crippen molar-refractivity contribution in [3.8, 4) is 0 Å². The van der Waals surface area contributed by atoms with E-state index in [0.717, 1.165) is 0 Å². The van der Waals surface area contributed by atoms with Gasteiger partial charge in [-0.25, -0.2) is 4.79 Å². The van der Waals surface area contributed by atoms with Crippen LogP contribution in [-0.4, -0.2) is 22.8 Å². The monoisotopic (exact) mass is 201 g/mol. The number of hydrogen-bond acceptors (Lipinski definition) is 4. The normalized spacial score (nSPS) is 9.36. The van der Waals surface area contributed by atoms with Crippen molar-refractivity contribution < 1.29 is 19.2 Å². The SMILES string of the molecule is CCC(=O)ON(C(=O)CC)C(=O)CC. The molecule has 0 spiro atoms. The summed E-state index contributed by atoms with van der Waals surface area (Å²) in [7, 11) is 0. The lowest BCUT2D eigenvalue weighted by Gasteiger charge is -2.17. The van der Waals surface area contributed by atoms with Gasteiger partial charge in [0.2, 0.25) is 0 Å². The van der Waals surface area contributed by atoms with Crippen LogP contribution in [0, 0.1) is 0 Å². The van der Waals surface area contributed by atoms with Crippen molar-refractivity contribution in [1.29, 1.82) is 0 Å². The standard InChI is InChI=1S/C9H15NO4/c1-4-7(11)10(8(12)5-2)14-9(13)6-3/h4-6H2,1-3H3. The minimum absolute atomic E-state index is 0.128. The Balaban J connectivity index is 4.48. The third-order valence-corrected chi connectivity index (χ3v) is 1.54. The number of carbonyl (C=O) groups is 3. The van der Waals surface area contributed by atoms with Gasteiger partial charge in [0, 0.05) is 19.3 Å². The summed E-state index contributed by atoms with van der Waals surface area (Å²) in [6.45, 7) is 4.78. The van der Waals surface area contributed by atoms with Crippen LogP contribution in [0.4, 0.5) is 0 Å². The van der Waals surface area contributed by atoms with Gasteiger partial charge in [-0.3, -0.25) is 9.59 Å². The molecule has 0 aliphatic carbocycles.